The van der Waals surface area contributed by atoms with Crippen LogP contribution in [0.2, 0.25) is 5.02 Å². The van der Waals surface area contributed by atoms with E-state index in [1.807, 2.05) is 30.3 Å². The number of Topliss-reactive ketones (excluding diaryl/α,β-unsaturated/α-hetero) is 1. The van der Waals surface area contributed by atoms with E-state index in [1.165, 1.54) is 0 Å². The molecule has 17 heavy (non-hydrogen) atoms. The Bertz CT molecular complexity index is 551. The van der Waals surface area contributed by atoms with Gasteiger partial charge in [0.15, 0.2) is 5.78 Å². The molecule has 2 aromatic rings. The summed E-state index contributed by atoms with van der Waals surface area (Å²) < 4.78 is 0. The third kappa shape index (κ3) is 2.92. The molecule has 0 N–H and O–H groups in total. The molecule has 0 fully saturated rings. The minimum Gasteiger partial charge on any atom is -0.295 e. The van der Waals surface area contributed by atoms with Crippen molar-refractivity contribution >= 4 is 17.4 Å². The van der Waals surface area contributed by atoms with E-state index in [1.54, 1.807) is 19.2 Å². The fourth-order valence-electron chi connectivity index (χ4n) is 1.64. The second-order valence-electron chi connectivity index (χ2n) is 3.87. The molecule has 2 nitrogen and oxygen atoms in total. The molecular formula is C14H12ClNO. The highest BCUT2D eigenvalue weighted by Gasteiger charge is 2.04. The Morgan fingerprint density at radius 1 is 1.29 bits per heavy atom. The molecule has 0 spiro atoms. The lowest BCUT2D eigenvalue weighted by atomic mass is 10.0. The van der Waals surface area contributed by atoms with E-state index in [0.29, 0.717) is 11.4 Å². The van der Waals surface area contributed by atoms with Gasteiger partial charge in [0, 0.05) is 18.2 Å². The van der Waals surface area contributed by atoms with Crippen LogP contribution in [-0.2, 0) is 6.42 Å². The van der Waals surface area contributed by atoms with Crippen molar-refractivity contribution in [3.63, 3.8) is 0 Å². The van der Waals surface area contributed by atoms with Crippen molar-refractivity contribution in [1.29, 1.82) is 0 Å². The monoisotopic (exact) mass is 245 g/mol. The van der Waals surface area contributed by atoms with Crippen LogP contribution in [0.25, 0.3) is 0 Å². The molecular weight excluding hydrogens is 234 g/mol. The van der Waals surface area contributed by atoms with Crippen molar-refractivity contribution in [1.82, 2.24) is 4.98 Å². The second-order valence-corrected chi connectivity index (χ2v) is 4.27. The quantitative estimate of drug-likeness (QED) is 0.775. The number of benzene rings is 1. The van der Waals surface area contributed by atoms with Crippen molar-refractivity contribution in [2.24, 2.45) is 0 Å². The van der Waals surface area contributed by atoms with Crippen molar-refractivity contribution in [2.75, 3.05) is 0 Å². The molecule has 1 aromatic heterocycles. The van der Waals surface area contributed by atoms with Gasteiger partial charge in [-0.3, -0.25) is 9.78 Å². The largest absolute Gasteiger partial charge is 0.295 e. The van der Waals surface area contributed by atoms with Gasteiger partial charge in [0.25, 0.3) is 0 Å². The van der Waals surface area contributed by atoms with E-state index < -0.39 is 0 Å². The van der Waals surface area contributed by atoms with Crippen LogP contribution in [-0.4, -0.2) is 10.8 Å². The van der Waals surface area contributed by atoms with E-state index in [-0.39, 0.29) is 5.78 Å². The highest BCUT2D eigenvalue weighted by molar-refractivity contribution is 6.31. The number of rotatable bonds is 3. The van der Waals surface area contributed by atoms with Gasteiger partial charge in [-0.15, -0.1) is 0 Å². The minimum absolute atomic E-state index is 0.0685. The molecule has 0 saturated heterocycles. The standard InChI is InChI=1S/C14H12ClNO/c1-10(17)12-5-2-4-11(8-12)9-14-13(15)6-3-7-16-14/h2-8H,9H2,1H3. The van der Waals surface area contributed by atoms with Gasteiger partial charge in [0.05, 0.1) is 10.7 Å². The number of ketones is 1. The number of pyridine rings is 1. The van der Waals surface area contributed by atoms with Gasteiger partial charge in [-0.1, -0.05) is 29.8 Å². The molecule has 0 bridgehead atoms. The van der Waals surface area contributed by atoms with Gasteiger partial charge >= 0.3 is 0 Å². The van der Waals surface area contributed by atoms with Gasteiger partial charge in [-0.2, -0.15) is 0 Å². The molecule has 2 rings (SSSR count). The van der Waals surface area contributed by atoms with Crippen molar-refractivity contribution in [2.45, 2.75) is 13.3 Å². The van der Waals surface area contributed by atoms with Crippen LogP contribution >= 0.6 is 11.6 Å². The number of aromatic nitrogens is 1. The predicted octanol–water partition coefficient (Wildman–Crippen LogP) is 3.53. The summed E-state index contributed by atoms with van der Waals surface area (Å²) in [6.45, 7) is 1.56. The Labute approximate surface area is 105 Å². The number of hydrogen-bond donors (Lipinski definition) is 0. The van der Waals surface area contributed by atoms with E-state index in [4.69, 9.17) is 11.6 Å². The smallest absolute Gasteiger partial charge is 0.159 e. The summed E-state index contributed by atoms with van der Waals surface area (Å²) in [7, 11) is 0. The molecule has 0 atom stereocenters. The molecule has 0 aliphatic heterocycles. The first-order valence-electron chi connectivity index (χ1n) is 5.36. The molecule has 1 aromatic carbocycles. The van der Waals surface area contributed by atoms with Crippen LogP contribution in [0.3, 0.4) is 0 Å². The number of carbonyl (C=O) groups is 1. The normalized spacial score (nSPS) is 10.2. The molecule has 1 heterocycles. The van der Waals surface area contributed by atoms with Crippen molar-refractivity contribution in [3.05, 3.63) is 64.4 Å². The lowest BCUT2D eigenvalue weighted by Crippen LogP contribution is -1.96. The SMILES string of the molecule is CC(=O)c1cccc(Cc2ncccc2Cl)c1. The van der Waals surface area contributed by atoms with Crippen molar-refractivity contribution in [3.8, 4) is 0 Å². The van der Waals surface area contributed by atoms with Crippen LogP contribution < -0.4 is 0 Å². The Morgan fingerprint density at radius 2 is 2.12 bits per heavy atom. The minimum atomic E-state index is 0.0685. The summed E-state index contributed by atoms with van der Waals surface area (Å²) in [5.41, 5.74) is 2.59. The second kappa shape index (κ2) is 5.11. The Kier molecular flexibility index (Phi) is 3.55. The first-order valence-corrected chi connectivity index (χ1v) is 5.74. The summed E-state index contributed by atoms with van der Waals surface area (Å²) >= 11 is 6.05. The Balaban J connectivity index is 2.28. The van der Waals surface area contributed by atoms with E-state index in [9.17, 15) is 4.79 Å². The fraction of sp³-hybridized carbons (Fsp3) is 0.143. The van der Waals surface area contributed by atoms with Gasteiger partial charge in [-0.05, 0) is 30.7 Å². The van der Waals surface area contributed by atoms with Crippen LogP contribution in [0.5, 0.6) is 0 Å². The van der Waals surface area contributed by atoms with Crippen LogP contribution in [0.15, 0.2) is 42.6 Å². The van der Waals surface area contributed by atoms with Gasteiger partial charge in [0.1, 0.15) is 0 Å². The first-order chi connectivity index (χ1) is 8.16. The zero-order valence-electron chi connectivity index (χ0n) is 9.48. The summed E-state index contributed by atoms with van der Waals surface area (Å²) in [5, 5.41) is 0.653. The third-order valence-corrected chi connectivity index (χ3v) is 2.88. The molecule has 0 aliphatic carbocycles. The van der Waals surface area contributed by atoms with Gasteiger partial charge < -0.3 is 0 Å². The lowest BCUT2D eigenvalue weighted by Gasteiger charge is -2.04. The Morgan fingerprint density at radius 3 is 2.82 bits per heavy atom. The highest BCUT2D eigenvalue weighted by Crippen LogP contribution is 2.17. The maximum absolute atomic E-state index is 11.3. The number of carbonyl (C=O) groups excluding carboxylic acids is 1. The molecule has 86 valence electrons. The average Bonchev–Trinajstić information content (AvgIpc) is 2.32. The maximum Gasteiger partial charge on any atom is 0.159 e. The van der Waals surface area contributed by atoms with Gasteiger partial charge in [-0.25, -0.2) is 0 Å². The van der Waals surface area contributed by atoms with Gasteiger partial charge in [0.2, 0.25) is 0 Å². The summed E-state index contributed by atoms with van der Waals surface area (Å²) in [5.74, 6) is 0.0685. The first kappa shape index (κ1) is 11.8. The van der Waals surface area contributed by atoms with Crippen molar-refractivity contribution < 1.29 is 4.79 Å². The zero-order chi connectivity index (χ0) is 12.3. The maximum atomic E-state index is 11.3. The average molecular weight is 246 g/mol. The predicted molar refractivity (Wildman–Crippen MR) is 68.5 cm³/mol. The number of halogens is 1. The number of nitrogens with zero attached hydrogens (tertiary/aromatic N) is 1. The molecule has 0 saturated carbocycles. The van der Waals surface area contributed by atoms with E-state index >= 15 is 0 Å². The van der Waals surface area contributed by atoms with Crippen LogP contribution in [0.1, 0.15) is 28.5 Å². The fourth-order valence-corrected chi connectivity index (χ4v) is 1.83. The summed E-state index contributed by atoms with van der Waals surface area (Å²) in [6, 6.07) is 11.2. The zero-order valence-corrected chi connectivity index (χ0v) is 10.2. The molecule has 0 radical (unpaired) electrons. The lowest BCUT2D eigenvalue weighted by molar-refractivity contribution is 0.101. The molecule has 3 heteroatoms. The Hall–Kier alpha value is -1.67. The van der Waals surface area contributed by atoms with E-state index in [2.05, 4.69) is 4.98 Å². The number of hydrogen-bond acceptors (Lipinski definition) is 2. The van der Waals surface area contributed by atoms with Crippen LogP contribution in [0.4, 0.5) is 0 Å². The van der Waals surface area contributed by atoms with E-state index in [0.717, 1.165) is 16.8 Å². The molecule has 0 aliphatic rings. The summed E-state index contributed by atoms with van der Waals surface area (Å²) in [4.78, 5) is 15.5. The molecule has 0 amide bonds. The molecule has 0 unspecified atom stereocenters. The topological polar surface area (TPSA) is 30.0 Å². The summed E-state index contributed by atoms with van der Waals surface area (Å²) in [6.07, 6.45) is 2.36. The van der Waals surface area contributed by atoms with Crippen LogP contribution in [0, 0.1) is 0 Å². The highest BCUT2D eigenvalue weighted by atomic mass is 35.5. The third-order valence-electron chi connectivity index (χ3n) is 2.54.